The molecular formula is C33H43N3. The minimum Gasteiger partial charge on any atom is -0.391 e. The molecule has 0 aliphatic heterocycles. The Morgan fingerprint density at radius 3 is 1.58 bits per heavy atom. The number of anilines is 2. The quantitative estimate of drug-likeness (QED) is 0.330. The summed E-state index contributed by atoms with van der Waals surface area (Å²) in [5.74, 6) is 0.491. The molecule has 0 heterocycles. The van der Waals surface area contributed by atoms with Gasteiger partial charge in [-0.2, -0.15) is 0 Å². The topological polar surface area (TPSA) is 36.1 Å². The smallest absolute Gasteiger partial charge is 0.0340 e. The summed E-state index contributed by atoms with van der Waals surface area (Å²) in [6.45, 7) is 10.8. The highest BCUT2D eigenvalue weighted by molar-refractivity contribution is 5.83. The van der Waals surface area contributed by atoms with Crippen molar-refractivity contribution < 1.29 is 0 Å². The fourth-order valence-corrected chi connectivity index (χ4v) is 4.95. The van der Waals surface area contributed by atoms with Crippen LogP contribution in [0.1, 0.15) is 50.3 Å². The molecule has 3 nitrogen and oxygen atoms in total. The van der Waals surface area contributed by atoms with Crippen molar-refractivity contribution in [2.24, 2.45) is 5.92 Å². The highest BCUT2D eigenvalue weighted by Gasteiger charge is 2.17. The van der Waals surface area contributed by atoms with Crippen LogP contribution in [-0.4, -0.2) is 21.1 Å². The fraction of sp³-hybridized carbons (Fsp3) is 0.333. The van der Waals surface area contributed by atoms with Crippen LogP contribution >= 0.6 is 0 Å². The molecule has 0 radical (unpaired) electrons. The van der Waals surface area contributed by atoms with E-state index in [-0.39, 0.29) is 0 Å². The molecule has 0 spiro atoms. The van der Waals surface area contributed by atoms with Gasteiger partial charge in [0.25, 0.3) is 0 Å². The second-order valence-corrected chi connectivity index (χ2v) is 9.36. The molecule has 3 N–H and O–H groups in total. The predicted octanol–water partition coefficient (Wildman–Crippen LogP) is 8.66. The maximum Gasteiger partial charge on any atom is 0.0340 e. The highest BCUT2D eigenvalue weighted by atomic mass is 14.8. The number of aryl methyl sites for hydroxylation is 2. The molecule has 3 aromatic carbocycles. The summed E-state index contributed by atoms with van der Waals surface area (Å²) in [4.78, 5) is 0. The first-order chi connectivity index (χ1) is 17.4. The van der Waals surface area contributed by atoms with E-state index >= 15 is 0 Å². The Bertz CT molecular complexity index is 1180. The molecule has 4 rings (SSSR count). The van der Waals surface area contributed by atoms with Gasteiger partial charge in [-0.3, -0.25) is 0 Å². The molecule has 0 bridgehead atoms. The minimum absolute atomic E-state index is 0.491. The van der Waals surface area contributed by atoms with Crippen molar-refractivity contribution in [1.82, 2.24) is 5.32 Å². The van der Waals surface area contributed by atoms with Crippen LogP contribution in [0.15, 0.2) is 72.4 Å². The lowest BCUT2D eigenvalue weighted by atomic mass is 9.86. The Hall–Kier alpha value is -3.46. The van der Waals surface area contributed by atoms with Gasteiger partial charge in [-0.1, -0.05) is 39.0 Å². The van der Waals surface area contributed by atoms with Gasteiger partial charge in [0.1, 0.15) is 0 Å². The normalized spacial score (nSPS) is 15.1. The predicted molar refractivity (Wildman–Crippen MR) is 161 cm³/mol. The van der Waals surface area contributed by atoms with Gasteiger partial charge in [-0.15, -0.1) is 0 Å². The van der Waals surface area contributed by atoms with E-state index in [0.29, 0.717) is 5.92 Å². The standard InChI is InChI=1S/C31H37N3.C2H6/c1-20-7-8-26(32-4)9-12-29(20)23-17-24(30-13-10-27(33-5)15-21(30)2)19-25(18-23)31-14-11-28(34-6)16-22(31)3;1-2/h9-20,32-34H,7-8H2,1-6H3;1-2H3. The summed E-state index contributed by atoms with van der Waals surface area (Å²) < 4.78 is 0. The molecule has 190 valence electrons. The van der Waals surface area contributed by atoms with Gasteiger partial charge < -0.3 is 16.0 Å². The first kappa shape index (κ1) is 27.1. The molecule has 3 aromatic rings. The molecule has 1 atom stereocenters. The molecule has 1 aliphatic carbocycles. The van der Waals surface area contributed by atoms with Crippen molar-refractivity contribution in [3.8, 4) is 22.3 Å². The van der Waals surface area contributed by atoms with E-state index in [2.05, 4.69) is 103 Å². The molecule has 36 heavy (non-hydrogen) atoms. The SMILES string of the molecule is CC.CNC1=CC=C(c2cc(-c3ccc(NC)cc3C)cc(-c3ccc(NC)cc3C)c2)C(C)CC1. The number of hydrogen-bond donors (Lipinski definition) is 3. The molecule has 1 unspecified atom stereocenters. The van der Waals surface area contributed by atoms with E-state index in [0.717, 1.165) is 24.2 Å². The van der Waals surface area contributed by atoms with Crippen LogP contribution in [0.4, 0.5) is 11.4 Å². The Kier molecular flexibility index (Phi) is 9.41. The summed E-state index contributed by atoms with van der Waals surface area (Å²) >= 11 is 0. The first-order valence-electron chi connectivity index (χ1n) is 13.2. The van der Waals surface area contributed by atoms with Gasteiger partial charge in [-0.05, 0) is 126 Å². The van der Waals surface area contributed by atoms with Crippen LogP contribution in [-0.2, 0) is 0 Å². The minimum atomic E-state index is 0.491. The summed E-state index contributed by atoms with van der Waals surface area (Å²) in [6, 6.07) is 20.4. The van der Waals surface area contributed by atoms with Gasteiger partial charge in [0.2, 0.25) is 0 Å². The second-order valence-electron chi connectivity index (χ2n) is 9.36. The van der Waals surface area contributed by atoms with Gasteiger partial charge in [0, 0.05) is 38.2 Å². The fourth-order valence-electron chi connectivity index (χ4n) is 4.95. The third-order valence-corrected chi connectivity index (χ3v) is 7.08. The molecule has 3 heteroatoms. The van der Waals surface area contributed by atoms with Crippen LogP contribution in [0.25, 0.3) is 27.8 Å². The van der Waals surface area contributed by atoms with Crippen molar-refractivity contribution in [3.63, 3.8) is 0 Å². The Labute approximate surface area is 218 Å². The lowest BCUT2D eigenvalue weighted by Crippen LogP contribution is -2.06. The second kappa shape index (κ2) is 12.5. The number of nitrogens with one attached hydrogen (secondary N) is 3. The molecule has 1 aliphatic rings. The lowest BCUT2D eigenvalue weighted by molar-refractivity contribution is 0.648. The lowest BCUT2D eigenvalue weighted by Gasteiger charge is -2.19. The molecule has 0 saturated heterocycles. The number of allylic oxidation sites excluding steroid dienone is 4. The Morgan fingerprint density at radius 1 is 0.639 bits per heavy atom. The van der Waals surface area contributed by atoms with Crippen molar-refractivity contribution in [2.75, 3.05) is 31.8 Å². The van der Waals surface area contributed by atoms with Crippen LogP contribution in [0.2, 0.25) is 0 Å². The number of benzene rings is 3. The van der Waals surface area contributed by atoms with Crippen molar-refractivity contribution in [1.29, 1.82) is 0 Å². The summed E-state index contributed by atoms with van der Waals surface area (Å²) in [5.41, 5.74) is 13.9. The molecule has 0 saturated carbocycles. The third-order valence-electron chi connectivity index (χ3n) is 7.08. The summed E-state index contributed by atoms with van der Waals surface area (Å²) in [5, 5.41) is 9.87. The van der Waals surface area contributed by atoms with Crippen LogP contribution in [0.5, 0.6) is 0 Å². The maximum atomic E-state index is 3.35. The zero-order valence-corrected chi connectivity index (χ0v) is 23.3. The molecule has 0 aromatic heterocycles. The first-order valence-corrected chi connectivity index (χ1v) is 13.2. The van der Waals surface area contributed by atoms with Crippen molar-refractivity contribution >= 4 is 16.9 Å². The monoisotopic (exact) mass is 481 g/mol. The van der Waals surface area contributed by atoms with Crippen LogP contribution in [0, 0.1) is 19.8 Å². The van der Waals surface area contributed by atoms with Crippen molar-refractivity contribution in [2.45, 2.75) is 47.5 Å². The van der Waals surface area contributed by atoms with E-state index in [4.69, 9.17) is 0 Å². The van der Waals surface area contributed by atoms with E-state index in [9.17, 15) is 0 Å². The van der Waals surface area contributed by atoms with E-state index in [1.54, 1.807) is 0 Å². The highest BCUT2D eigenvalue weighted by Crippen LogP contribution is 2.38. The zero-order chi connectivity index (χ0) is 26.2. The number of rotatable bonds is 6. The van der Waals surface area contributed by atoms with Gasteiger partial charge in [0.15, 0.2) is 0 Å². The molecule has 0 fully saturated rings. The average Bonchev–Trinajstić information content (AvgIpc) is 3.10. The van der Waals surface area contributed by atoms with Gasteiger partial charge in [0.05, 0.1) is 0 Å². The zero-order valence-electron chi connectivity index (χ0n) is 23.3. The van der Waals surface area contributed by atoms with Crippen LogP contribution < -0.4 is 16.0 Å². The Morgan fingerprint density at radius 2 is 1.14 bits per heavy atom. The van der Waals surface area contributed by atoms with E-state index in [1.807, 2.05) is 35.0 Å². The van der Waals surface area contributed by atoms with Gasteiger partial charge >= 0.3 is 0 Å². The molecular weight excluding hydrogens is 438 g/mol. The summed E-state index contributed by atoms with van der Waals surface area (Å²) in [7, 11) is 5.96. The van der Waals surface area contributed by atoms with E-state index in [1.165, 1.54) is 50.2 Å². The molecule has 0 amide bonds. The number of hydrogen-bond acceptors (Lipinski definition) is 3. The largest absolute Gasteiger partial charge is 0.391 e. The summed E-state index contributed by atoms with van der Waals surface area (Å²) in [6.07, 6.45) is 6.80. The van der Waals surface area contributed by atoms with Crippen LogP contribution in [0.3, 0.4) is 0 Å². The van der Waals surface area contributed by atoms with Crippen molar-refractivity contribution in [3.05, 3.63) is 89.1 Å². The van der Waals surface area contributed by atoms with Gasteiger partial charge in [-0.25, -0.2) is 0 Å². The average molecular weight is 482 g/mol. The Balaban J connectivity index is 0.00000176. The maximum absolute atomic E-state index is 3.35. The third kappa shape index (κ3) is 6.02. The van der Waals surface area contributed by atoms with E-state index < -0.39 is 0 Å².